The van der Waals surface area contributed by atoms with Gasteiger partial charge in [-0.05, 0) is 43.9 Å². The molecule has 0 saturated carbocycles. The van der Waals surface area contributed by atoms with Gasteiger partial charge in [-0.1, -0.05) is 27.6 Å². The number of anilines is 1. The van der Waals surface area contributed by atoms with Gasteiger partial charge in [0.2, 0.25) is 0 Å². The van der Waals surface area contributed by atoms with Gasteiger partial charge < -0.3 is 5.32 Å². The van der Waals surface area contributed by atoms with E-state index in [4.69, 9.17) is 5.26 Å². The lowest BCUT2D eigenvalue weighted by molar-refractivity contribution is 0.863. The number of hydrogen-bond donors (Lipinski definition) is 1. The van der Waals surface area contributed by atoms with Crippen molar-refractivity contribution >= 4 is 21.6 Å². The fourth-order valence-electron chi connectivity index (χ4n) is 2.08. The van der Waals surface area contributed by atoms with Gasteiger partial charge in [-0.25, -0.2) is 0 Å². The molecule has 0 amide bonds. The quantitative estimate of drug-likeness (QED) is 0.842. The maximum atomic E-state index is 9.00. The molecule has 3 heteroatoms. The van der Waals surface area contributed by atoms with Gasteiger partial charge >= 0.3 is 0 Å². The number of nitrogens with one attached hydrogen (secondary N) is 1. The first-order chi connectivity index (χ1) is 8.29. The van der Waals surface area contributed by atoms with Crippen LogP contribution in [0.3, 0.4) is 0 Å². The van der Waals surface area contributed by atoms with E-state index < -0.39 is 0 Å². The molecule has 2 nitrogen and oxygen atoms in total. The molecule has 1 aliphatic rings. The summed E-state index contributed by atoms with van der Waals surface area (Å²) in [7, 11) is 0. The van der Waals surface area contributed by atoms with Crippen LogP contribution in [0.15, 0.2) is 34.3 Å². The van der Waals surface area contributed by atoms with E-state index in [-0.39, 0.29) is 0 Å². The molecule has 88 valence electrons. The lowest BCUT2D eigenvalue weighted by atomic mass is 10.1. The molecule has 0 radical (unpaired) electrons. The van der Waals surface area contributed by atoms with Gasteiger partial charge in [0, 0.05) is 11.0 Å². The summed E-state index contributed by atoms with van der Waals surface area (Å²) in [5.41, 5.74) is 3.17. The van der Waals surface area contributed by atoms with Crippen molar-refractivity contribution in [3.05, 3.63) is 39.9 Å². The minimum absolute atomic E-state index is 0.702. The Labute approximate surface area is 110 Å². The molecule has 1 aromatic carbocycles. The van der Waals surface area contributed by atoms with Gasteiger partial charge in [-0.15, -0.1) is 0 Å². The first-order valence-corrected chi connectivity index (χ1v) is 6.70. The van der Waals surface area contributed by atoms with Crippen molar-refractivity contribution in [2.45, 2.75) is 25.7 Å². The van der Waals surface area contributed by atoms with Crippen LogP contribution in [0.1, 0.15) is 31.2 Å². The minimum Gasteiger partial charge on any atom is -0.384 e. The van der Waals surface area contributed by atoms with Crippen LogP contribution in [-0.2, 0) is 0 Å². The van der Waals surface area contributed by atoms with Crippen molar-refractivity contribution in [1.29, 1.82) is 5.26 Å². The summed E-state index contributed by atoms with van der Waals surface area (Å²) in [5, 5.41) is 12.3. The second-order valence-corrected chi connectivity index (χ2v) is 5.15. The lowest BCUT2D eigenvalue weighted by Crippen LogP contribution is -2.03. The standard InChI is InChI=1S/C14H15BrN2/c15-13-6-5-12(10-16)14(9-13)17-8-7-11-3-1-2-4-11/h3,5-6,9,17H,1-2,4,7-8H2. The SMILES string of the molecule is N#Cc1ccc(Br)cc1NCCC1=CCCC1. The van der Waals surface area contributed by atoms with E-state index in [1.54, 1.807) is 5.57 Å². The van der Waals surface area contributed by atoms with Crippen LogP contribution in [0.4, 0.5) is 5.69 Å². The molecule has 1 aliphatic carbocycles. The van der Waals surface area contributed by atoms with Gasteiger partial charge in [0.1, 0.15) is 6.07 Å². The first kappa shape index (κ1) is 12.2. The first-order valence-electron chi connectivity index (χ1n) is 5.91. The molecule has 17 heavy (non-hydrogen) atoms. The van der Waals surface area contributed by atoms with E-state index in [9.17, 15) is 0 Å². The zero-order valence-electron chi connectivity index (χ0n) is 9.67. The smallest absolute Gasteiger partial charge is 0.101 e. The molecular weight excluding hydrogens is 276 g/mol. The van der Waals surface area contributed by atoms with Crippen LogP contribution < -0.4 is 5.32 Å². The molecular formula is C14H15BrN2. The van der Waals surface area contributed by atoms with E-state index >= 15 is 0 Å². The molecule has 1 N–H and O–H groups in total. The topological polar surface area (TPSA) is 35.8 Å². The Morgan fingerprint density at radius 2 is 2.29 bits per heavy atom. The molecule has 0 aliphatic heterocycles. The summed E-state index contributed by atoms with van der Waals surface area (Å²) in [6, 6.07) is 7.89. The largest absolute Gasteiger partial charge is 0.384 e. The second-order valence-electron chi connectivity index (χ2n) is 4.23. The molecule has 2 rings (SSSR count). The highest BCUT2D eigenvalue weighted by Crippen LogP contribution is 2.23. The maximum absolute atomic E-state index is 9.00. The van der Waals surface area contributed by atoms with E-state index in [1.165, 1.54) is 19.3 Å². The van der Waals surface area contributed by atoms with Crippen LogP contribution in [-0.4, -0.2) is 6.54 Å². The Hall–Kier alpha value is -1.27. The van der Waals surface area contributed by atoms with Gasteiger partial charge in [-0.3, -0.25) is 0 Å². The van der Waals surface area contributed by atoms with Gasteiger partial charge in [0.15, 0.2) is 0 Å². The van der Waals surface area contributed by atoms with E-state index in [0.717, 1.165) is 23.1 Å². The molecule has 0 unspecified atom stereocenters. The third-order valence-electron chi connectivity index (χ3n) is 3.00. The maximum Gasteiger partial charge on any atom is 0.101 e. The molecule has 0 saturated heterocycles. The van der Waals surface area contributed by atoms with Crippen molar-refractivity contribution in [3.8, 4) is 6.07 Å². The van der Waals surface area contributed by atoms with Crippen molar-refractivity contribution < 1.29 is 0 Å². The molecule has 0 aromatic heterocycles. The number of hydrogen-bond acceptors (Lipinski definition) is 2. The minimum atomic E-state index is 0.702. The Balaban J connectivity index is 1.94. The van der Waals surface area contributed by atoms with Crippen LogP contribution in [0.5, 0.6) is 0 Å². The molecule has 0 spiro atoms. The normalized spacial score (nSPS) is 14.2. The summed E-state index contributed by atoms with van der Waals surface area (Å²) >= 11 is 3.42. The Morgan fingerprint density at radius 3 is 3.00 bits per heavy atom. The van der Waals surface area contributed by atoms with Gasteiger partial charge in [0.05, 0.1) is 11.3 Å². The van der Waals surface area contributed by atoms with E-state index in [1.807, 2.05) is 18.2 Å². The van der Waals surface area contributed by atoms with Crippen LogP contribution in [0.2, 0.25) is 0 Å². The molecule has 0 fully saturated rings. The number of nitriles is 1. The van der Waals surface area contributed by atoms with Crippen molar-refractivity contribution in [1.82, 2.24) is 0 Å². The molecule has 0 heterocycles. The average molecular weight is 291 g/mol. The number of allylic oxidation sites excluding steroid dienone is 1. The van der Waals surface area contributed by atoms with Crippen LogP contribution in [0, 0.1) is 11.3 Å². The Bertz CT molecular complexity index is 472. The second kappa shape index (κ2) is 5.88. The highest BCUT2D eigenvalue weighted by atomic mass is 79.9. The zero-order valence-corrected chi connectivity index (χ0v) is 11.3. The van der Waals surface area contributed by atoms with Crippen LogP contribution in [0.25, 0.3) is 0 Å². The third-order valence-corrected chi connectivity index (χ3v) is 3.49. The summed E-state index contributed by atoms with van der Waals surface area (Å²) in [6.07, 6.45) is 7.20. The summed E-state index contributed by atoms with van der Waals surface area (Å²) in [5.74, 6) is 0. The lowest BCUT2D eigenvalue weighted by Gasteiger charge is -2.09. The van der Waals surface area contributed by atoms with Crippen LogP contribution >= 0.6 is 15.9 Å². The number of benzene rings is 1. The monoisotopic (exact) mass is 290 g/mol. The third kappa shape index (κ3) is 3.34. The van der Waals surface area contributed by atoms with Gasteiger partial charge in [0.25, 0.3) is 0 Å². The molecule has 1 aromatic rings. The fourth-order valence-corrected chi connectivity index (χ4v) is 2.44. The number of nitrogens with zero attached hydrogens (tertiary/aromatic N) is 1. The Morgan fingerprint density at radius 1 is 1.41 bits per heavy atom. The van der Waals surface area contributed by atoms with Crippen molar-refractivity contribution in [3.63, 3.8) is 0 Å². The fraction of sp³-hybridized carbons (Fsp3) is 0.357. The summed E-state index contributed by atoms with van der Waals surface area (Å²) in [4.78, 5) is 0. The van der Waals surface area contributed by atoms with Crippen molar-refractivity contribution in [2.24, 2.45) is 0 Å². The van der Waals surface area contributed by atoms with Crippen molar-refractivity contribution in [2.75, 3.05) is 11.9 Å². The molecule has 0 bridgehead atoms. The summed E-state index contributed by atoms with van der Waals surface area (Å²) < 4.78 is 0.999. The average Bonchev–Trinajstić information content (AvgIpc) is 2.82. The highest BCUT2D eigenvalue weighted by Gasteiger charge is 2.05. The number of halogens is 1. The zero-order chi connectivity index (χ0) is 12.1. The van der Waals surface area contributed by atoms with E-state index in [2.05, 4.69) is 33.4 Å². The molecule has 0 atom stereocenters. The number of rotatable bonds is 4. The Kier molecular flexibility index (Phi) is 4.22. The highest BCUT2D eigenvalue weighted by molar-refractivity contribution is 9.10. The summed E-state index contributed by atoms with van der Waals surface area (Å²) in [6.45, 7) is 0.900. The van der Waals surface area contributed by atoms with Gasteiger partial charge in [-0.2, -0.15) is 5.26 Å². The predicted molar refractivity (Wildman–Crippen MR) is 73.9 cm³/mol. The van der Waals surface area contributed by atoms with E-state index in [0.29, 0.717) is 5.56 Å². The predicted octanol–water partition coefficient (Wildman–Crippen LogP) is 4.23.